The topological polar surface area (TPSA) is 71.1 Å². The van der Waals surface area contributed by atoms with Gasteiger partial charge < -0.3 is 5.32 Å². The average Bonchev–Trinajstić information content (AvgIpc) is 2.96. The van der Waals surface area contributed by atoms with Crippen LogP contribution in [0.2, 0.25) is 0 Å². The standard InChI is InChI=1S/C16H21N3O2S2/c1-11-10-22-16(18-11)13-5-3-6-14(9-13)23(20,21)19-15-7-4-8-17-12(15)2/h3,5-6,9-10,12,15,17,19H,4,7-8H2,1-2H3. The number of hydrogen-bond donors (Lipinski definition) is 2. The predicted molar refractivity (Wildman–Crippen MR) is 93.1 cm³/mol. The SMILES string of the molecule is Cc1csc(-c2cccc(S(=O)(=O)NC3CCCNC3C)c2)n1. The fraction of sp³-hybridized carbons (Fsp3) is 0.438. The van der Waals surface area contributed by atoms with Gasteiger partial charge in [-0.25, -0.2) is 18.1 Å². The third-order valence-electron chi connectivity index (χ3n) is 4.08. The molecule has 1 aromatic heterocycles. The lowest BCUT2D eigenvalue weighted by Gasteiger charge is -2.30. The van der Waals surface area contributed by atoms with Crippen molar-refractivity contribution < 1.29 is 8.42 Å². The average molecular weight is 351 g/mol. The molecular weight excluding hydrogens is 330 g/mol. The van der Waals surface area contributed by atoms with Gasteiger partial charge >= 0.3 is 0 Å². The Morgan fingerprint density at radius 3 is 2.91 bits per heavy atom. The molecule has 124 valence electrons. The van der Waals surface area contributed by atoms with E-state index in [0.717, 1.165) is 35.7 Å². The zero-order valence-electron chi connectivity index (χ0n) is 13.2. The summed E-state index contributed by atoms with van der Waals surface area (Å²) in [6.07, 6.45) is 1.84. The summed E-state index contributed by atoms with van der Waals surface area (Å²) in [7, 11) is -3.53. The molecule has 1 saturated heterocycles. The second kappa shape index (κ2) is 6.68. The Bertz CT molecular complexity index is 786. The number of sulfonamides is 1. The van der Waals surface area contributed by atoms with Crippen LogP contribution in [0.1, 0.15) is 25.5 Å². The Hall–Kier alpha value is -1.28. The van der Waals surface area contributed by atoms with E-state index in [1.807, 2.05) is 25.3 Å². The maximum atomic E-state index is 12.7. The lowest BCUT2D eigenvalue weighted by molar-refractivity contribution is 0.349. The minimum Gasteiger partial charge on any atom is -0.313 e. The first-order valence-electron chi connectivity index (χ1n) is 7.74. The quantitative estimate of drug-likeness (QED) is 0.888. The molecule has 0 aliphatic carbocycles. The van der Waals surface area contributed by atoms with E-state index in [4.69, 9.17) is 0 Å². The molecule has 5 nitrogen and oxygen atoms in total. The molecule has 0 radical (unpaired) electrons. The summed E-state index contributed by atoms with van der Waals surface area (Å²) in [5, 5.41) is 6.11. The number of rotatable bonds is 4. The molecule has 1 aliphatic rings. The molecule has 3 rings (SSSR count). The molecule has 1 aliphatic heterocycles. The van der Waals surface area contributed by atoms with Crippen LogP contribution < -0.4 is 10.0 Å². The summed E-state index contributed by atoms with van der Waals surface area (Å²) < 4.78 is 28.2. The van der Waals surface area contributed by atoms with Crippen LogP contribution in [0, 0.1) is 6.92 Å². The minimum absolute atomic E-state index is 0.0699. The van der Waals surface area contributed by atoms with Gasteiger partial charge in [-0.1, -0.05) is 12.1 Å². The van der Waals surface area contributed by atoms with Crippen LogP contribution in [0.5, 0.6) is 0 Å². The molecule has 1 aromatic carbocycles. The maximum absolute atomic E-state index is 12.7. The van der Waals surface area contributed by atoms with Crippen LogP contribution in [0.4, 0.5) is 0 Å². The van der Waals surface area contributed by atoms with E-state index in [9.17, 15) is 8.42 Å². The molecule has 2 atom stereocenters. The van der Waals surface area contributed by atoms with Crippen molar-refractivity contribution in [3.8, 4) is 10.6 Å². The molecule has 0 spiro atoms. The lowest BCUT2D eigenvalue weighted by Crippen LogP contribution is -2.51. The molecular formula is C16H21N3O2S2. The maximum Gasteiger partial charge on any atom is 0.240 e. The van der Waals surface area contributed by atoms with Crippen molar-refractivity contribution in [2.45, 2.75) is 43.7 Å². The highest BCUT2D eigenvalue weighted by Gasteiger charge is 2.26. The van der Waals surface area contributed by atoms with Crippen LogP contribution >= 0.6 is 11.3 Å². The summed E-state index contributed by atoms with van der Waals surface area (Å²) in [5.41, 5.74) is 1.78. The minimum atomic E-state index is -3.53. The van der Waals surface area contributed by atoms with Gasteiger partial charge in [0.25, 0.3) is 0 Å². The van der Waals surface area contributed by atoms with Gasteiger partial charge in [-0.05, 0) is 45.4 Å². The number of nitrogens with one attached hydrogen (secondary N) is 2. The molecule has 2 N–H and O–H groups in total. The smallest absolute Gasteiger partial charge is 0.240 e. The number of piperidine rings is 1. The van der Waals surface area contributed by atoms with Crippen molar-refractivity contribution in [2.75, 3.05) is 6.54 Å². The molecule has 2 heterocycles. The second-order valence-electron chi connectivity index (χ2n) is 5.93. The van der Waals surface area contributed by atoms with Gasteiger partial charge in [0.1, 0.15) is 5.01 Å². The van der Waals surface area contributed by atoms with Crippen LogP contribution in [0.3, 0.4) is 0 Å². The number of benzene rings is 1. The molecule has 0 saturated carbocycles. The third-order valence-corrected chi connectivity index (χ3v) is 6.58. The fourth-order valence-electron chi connectivity index (χ4n) is 2.76. The van der Waals surface area contributed by atoms with Crippen molar-refractivity contribution in [3.05, 3.63) is 35.3 Å². The Morgan fingerprint density at radius 2 is 2.22 bits per heavy atom. The van der Waals surface area contributed by atoms with E-state index in [-0.39, 0.29) is 12.1 Å². The molecule has 1 fully saturated rings. The zero-order chi connectivity index (χ0) is 16.4. The third kappa shape index (κ3) is 3.80. The first kappa shape index (κ1) is 16.6. The number of aromatic nitrogens is 1. The molecule has 7 heteroatoms. The number of hydrogen-bond acceptors (Lipinski definition) is 5. The Morgan fingerprint density at radius 1 is 1.39 bits per heavy atom. The van der Waals surface area contributed by atoms with E-state index in [1.165, 1.54) is 11.3 Å². The highest BCUT2D eigenvalue weighted by molar-refractivity contribution is 7.89. The summed E-state index contributed by atoms with van der Waals surface area (Å²) in [6.45, 7) is 4.89. The van der Waals surface area contributed by atoms with Gasteiger partial charge in [-0.3, -0.25) is 0 Å². The monoisotopic (exact) mass is 351 g/mol. The van der Waals surface area contributed by atoms with Crippen molar-refractivity contribution in [3.63, 3.8) is 0 Å². The molecule has 23 heavy (non-hydrogen) atoms. The second-order valence-corrected chi connectivity index (χ2v) is 8.51. The Balaban J connectivity index is 1.85. The summed E-state index contributed by atoms with van der Waals surface area (Å²) in [5.74, 6) is 0. The largest absolute Gasteiger partial charge is 0.313 e. The van der Waals surface area contributed by atoms with Crippen LogP contribution in [0.25, 0.3) is 10.6 Å². The molecule has 0 amide bonds. The Labute approximate surface area is 141 Å². The normalized spacial score (nSPS) is 22.2. The van der Waals surface area contributed by atoms with Gasteiger partial charge in [-0.15, -0.1) is 11.3 Å². The highest BCUT2D eigenvalue weighted by Crippen LogP contribution is 2.26. The number of thiazole rings is 1. The van der Waals surface area contributed by atoms with E-state index < -0.39 is 10.0 Å². The Kier molecular flexibility index (Phi) is 4.82. The van der Waals surface area contributed by atoms with Crippen molar-refractivity contribution in [1.29, 1.82) is 0 Å². The summed E-state index contributed by atoms with van der Waals surface area (Å²) in [6, 6.07) is 7.06. The van der Waals surface area contributed by atoms with Crippen LogP contribution in [-0.4, -0.2) is 32.0 Å². The highest BCUT2D eigenvalue weighted by atomic mass is 32.2. The van der Waals surface area contributed by atoms with E-state index in [2.05, 4.69) is 15.0 Å². The van der Waals surface area contributed by atoms with E-state index in [0.29, 0.717) is 4.90 Å². The van der Waals surface area contributed by atoms with Crippen molar-refractivity contribution >= 4 is 21.4 Å². The predicted octanol–water partition coefficient (Wildman–Crippen LogP) is 2.54. The molecule has 2 aromatic rings. The van der Waals surface area contributed by atoms with Crippen molar-refractivity contribution in [2.24, 2.45) is 0 Å². The molecule has 0 bridgehead atoms. The van der Waals surface area contributed by atoms with Crippen molar-refractivity contribution in [1.82, 2.24) is 15.0 Å². The first-order valence-corrected chi connectivity index (χ1v) is 10.1. The lowest BCUT2D eigenvalue weighted by atomic mass is 10.0. The van der Waals surface area contributed by atoms with Crippen LogP contribution in [0.15, 0.2) is 34.5 Å². The van der Waals surface area contributed by atoms with Gasteiger partial charge in [0, 0.05) is 28.7 Å². The van der Waals surface area contributed by atoms with Gasteiger partial charge in [0.05, 0.1) is 4.90 Å². The van der Waals surface area contributed by atoms with E-state index in [1.54, 1.807) is 18.2 Å². The summed E-state index contributed by atoms with van der Waals surface area (Å²) in [4.78, 5) is 4.72. The first-order chi connectivity index (χ1) is 11.0. The number of nitrogens with zero attached hydrogens (tertiary/aromatic N) is 1. The van der Waals surface area contributed by atoms with Gasteiger partial charge in [0.2, 0.25) is 10.0 Å². The van der Waals surface area contributed by atoms with Gasteiger partial charge in [-0.2, -0.15) is 0 Å². The fourth-order valence-corrected chi connectivity index (χ4v) is 4.95. The zero-order valence-corrected chi connectivity index (χ0v) is 14.9. The summed E-state index contributed by atoms with van der Waals surface area (Å²) >= 11 is 1.52. The molecule has 2 unspecified atom stereocenters. The van der Waals surface area contributed by atoms with E-state index >= 15 is 0 Å². The van der Waals surface area contributed by atoms with Crippen LogP contribution in [-0.2, 0) is 10.0 Å². The number of aryl methyl sites for hydroxylation is 1. The van der Waals surface area contributed by atoms with Gasteiger partial charge in [0.15, 0.2) is 0 Å².